The molecule has 11 rings (SSSR count). The van der Waals surface area contributed by atoms with E-state index in [1.54, 1.807) is 0 Å². The first kappa shape index (κ1) is 43.8. The quantitative estimate of drug-likeness (QED) is 0.167. The van der Waals surface area contributed by atoms with E-state index in [2.05, 4.69) is 264 Å². The number of pyridine rings is 1. The Morgan fingerprint density at radius 2 is 1.01 bits per heavy atom. The predicted molar refractivity (Wildman–Crippen MR) is 278 cm³/mol. The normalized spacial score (nSPS) is 13.1. The number of aromatic nitrogens is 4. The molecule has 3 aromatic heterocycles. The summed E-state index contributed by atoms with van der Waals surface area (Å²) in [5.74, 6) is 2.44. The van der Waals surface area contributed by atoms with E-state index < -0.39 is 0 Å². The molecule has 4 heterocycles. The van der Waals surface area contributed by atoms with Gasteiger partial charge in [0.2, 0.25) is 0 Å². The van der Waals surface area contributed by atoms with Gasteiger partial charge in [0.15, 0.2) is 0 Å². The molecule has 0 bridgehead atoms. The van der Waals surface area contributed by atoms with Crippen molar-refractivity contribution in [2.45, 2.75) is 85.1 Å². The second-order valence-corrected chi connectivity index (χ2v) is 22.4. The Labute approximate surface area is 410 Å². The van der Waals surface area contributed by atoms with E-state index in [0.29, 0.717) is 6.54 Å². The van der Waals surface area contributed by atoms with Crippen molar-refractivity contribution in [2.24, 2.45) is 0 Å². The van der Waals surface area contributed by atoms with Gasteiger partial charge in [-0.05, 0) is 41.3 Å². The van der Waals surface area contributed by atoms with Gasteiger partial charge in [-0.2, -0.15) is 0 Å². The molecule has 0 amide bonds. The van der Waals surface area contributed by atoms with E-state index >= 15 is 0 Å². The van der Waals surface area contributed by atoms with Gasteiger partial charge in [0.1, 0.15) is 0 Å². The van der Waals surface area contributed by atoms with Gasteiger partial charge in [0, 0.05) is 22.7 Å². The van der Waals surface area contributed by atoms with Gasteiger partial charge in [-0.3, -0.25) is 0 Å². The predicted octanol–water partition coefficient (Wildman–Crippen LogP) is 16.0. The van der Waals surface area contributed by atoms with Crippen molar-refractivity contribution in [1.82, 2.24) is 18.7 Å². The Morgan fingerprint density at radius 1 is 0.456 bits per heavy atom. The van der Waals surface area contributed by atoms with Gasteiger partial charge in [-0.1, -0.05) is 57.2 Å². The monoisotopic (exact) mass is 1070 g/mol. The zero-order valence-corrected chi connectivity index (χ0v) is 42.6. The molecule has 0 atom stereocenters. The summed E-state index contributed by atoms with van der Waals surface area (Å²) in [6.45, 7) is 21.2. The number of nitrogens with zero attached hydrogens (tertiary/aromatic N) is 5. The Kier molecular flexibility index (Phi) is 10.4. The van der Waals surface area contributed by atoms with Crippen molar-refractivity contribution in [3.63, 3.8) is 0 Å². The molecule has 0 saturated heterocycles. The Morgan fingerprint density at radius 3 is 1.65 bits per heavy atom. The molecule has 342 valence electrons. The van der Waals surface area contributed by atoms with Crippen LogP contribution in [0.2, 0.25) is 0 Å². The molecule has 10 aromatic rings. The fourth-order valence-electron chi connectivity index (χ4n) is 9.86. The number of rotatable bonds is 6. The van der Waals surface area contributed by atoms with Gasteiger partial charge in [0.05, 0.1) is 11.0 Å². The third-order valence-electron chi connectivity index (χ3n) is 13.6. The van der Waals surface area contributed by atoms with Crippen LogP contribution < -0.4 is 9.64 Å². The van der Waals surface area contributed by atoms with Crippen molar-refractivity contribution < 1.29 is 24.1 Å². The van der Waals surface area contributed by atoms with Crippen LogP contribution in [0.1, 0.15) is 84.6 Å². The van der Waals surface area contributed by atoms with Crippen molar-refractivity contribution in [2.75, 3.05) is 4.90 Å². The molecule has 6 nitrogen and oxygen atoms in total. The van der Waals surface area contributed by atoms with Crippen LogP contribution in [0.25, 0.3) is 61.0 Å². The SMILES string of the molecule is CC(C)(C)c1cc(-n2[c](=[Pt])n(-c3cccc(Oc4ccc5c(c4)N(c4cc(C(C)(C)C)ccn4)Cc4cc(-n6c7ccccc7c7ccccc76)ccc4-5)c3)c3ccccc32)cc(C(C)(C)C)c1. The summed E-state index contributed by atoms with van der Waals surface area (Å²) >= 11 is 2.50. The summed E-state index contributed by atoms with van der Waals surface area (Å²) in [4.78, 5) is 7.39. The molecule has 0 saturated carbocycles. The first-order valence-corrected chi connectivity index (χ1v) is 24.8. The average Bonchev–Trinajstić information content (AvgIpc) is 3.81. The number of fused-ring (bicyclic) bond motifs is 7. The second-order valence-electron chi connectivity index (χ2n) is 21.4. The summed E-state index contributed by atoms with van der Waals surface area (Å²) in [6.07, 6.45) is 1.95. The molecular formula is C61H57N5OPt. The second kappa shape index (κ2) is 16.2. The molecule has 0 spiro atoms. The number of ether oxygens (including phenoxy) is 1. The molecule has 1 aliphatic heterocycles. The molecule has 0 fully saturated rings. The summed E-state index contributed by atoms with van der Waals surface area (Å²) in [5, 5.41) is 2.51. The maximum absolute atomic E-state index is 6.88. The van der Waals surface area contributed by atoms with Crippen molar-refractivity contribution in [3.05, 3.63) is 196 Å². The van der Waals surface area contributed by atoms with Gasteiger partial charge in [-0.25, -0.2) is 0 Å². The molecule has 1 aliphatic rings. The molecule has 7 aromatic carbocycles. The minimum absolute atomic E-state index is 0.00571. The maximum atomic E-state index is 6.88. The molecule has 0 N–H and O–H groups in total. The van der Waals surface area contributed by atoms with E-state index in [-0.39, 0.29) is 16.2 Å². The first-order valence-electron chi connectivity index (χ1n) is 23.6. The van der Waals surface area contributed by atoms with Crippen LogP contribution in [0.15, 0.2) is 170 Å². The Balaban J connectivity index is 1.00. The fourth-order valence-corrected chi connectivity index (χ4v) is 11.0. The van der Waals surface area contributed by atoms with Gasteiger partial charge in [-0.15, -0.1) is 0 Å². The third-order valence-corrected chi connectivity index (χ3v) is 14.6. The van der Waals surface area contributed by atoms with Crippen molar-refractivity contribution >= 4 is 44.3 Å². The first-order chi connectivity index (χ1) is 32.5. The van der Waals surface area contributed by atoms with Crippen LogP contribution in [-0.2, 0) is 42.1 Å². The molecule has 0 aliphatic carbocycles. The van der Waals surface area contributed by atoms with Crippen LogP contribution in [-0.4, -0.2) is 18.7 Å². The number of imidazole rings is 1. The van der Waals surface area contributed by atoms with Gasteiger partial charge in [0.25, 0.3) is 0 Å². The van der Waals surface area contributed by atoms with Gasteiger partial charge >= 0.3 is 276 Å². The Bertz CT molecular complexity index is 3590. The van der Waals surface area contributed by atoms with Crippen LogP contribution in [0.4, 0.5) is 11.5 Å². The minimum atomic E-state index is -0.0398. The fraction of sp³-hybridized carbons (Fsp3) is 0.213. The van der Waals surface area contributed by atoms with Gasteiger partial charge < -0.3 is 4.57 Å². The average molecular weight is 1070 g/mol. The van der Waals surface area contributed by atoms with E-state index in [9.17, 15) is 0 Å². The number of anilines is 2. The van der Waals surface area contributed by atoms with E-state index in [4.69, 9.17) is 9.72 Å². The molecule has 0 unspecified atom stereocenters. The standard InChI is InChI=1S/C61H57N5O.Pt/c1-59(2,3)41-29-30-62-58(35-41)63-38-40-31-45(66-53-21-12-10-19-50(53)51-20-11-13-22-54(51)66)25-27-49(40)52-28-26-48(37-57(52)63)67-47-18-16-17-44(36-47)64-39-65(56-24-15-14-23-55(56)64)46-33-42(60(4,5)6)32-43(34-46)61(7,8)9;/h10-37H,38H2,1-9H3;. The van der Waals surface area contributed by atoms with E-state index in [0.717, 1.165) is 54.8 Å². The zero-order valence-electron chi connectivity index (χ0n) is 40.3. The van der Waals surface area contributed by atoms with Crippen LogP contribution in [0.3, 0.4) is 0 Å². The topological polar surface area (TPSA) is 40.1 Å². The van der Waals surface area contributed by atoms with E-state index in [1.807, 2.05) is 6.20 Å². The van der Waals surface area contributed by atoms with Crippen LogP contribution in [0.5, 0.6) is 11.5 Å². The van der Waals surface area contributed by atoms with Crippen LogP contribution in [0, 0.1) is 3.80 Å². The molecular weight excluding hydrogens is 1010 g/mol. The molecule has 0 radical (unpaired) electrons. The summed E-state index contributed by atoms with van der Waals surface area (Å²) in [5.41, 5.74) is 16.5. The van der Waals surface area contributed by atoms with E-state index in [1.165, 1.54) is 55.3 Å². The number of hydrogen-bond acceptors (Lipinski definition) is 3. The summed E-state index contributed by atoms with van der Waals surface area (Å²) in [6, 6.07) is 59.6. The number of para-hydroxylation sites is 4. The van der Waals surface area contributed by atoms with Crippen molar-refractivity contribution in [3.8, 4) is 39.7 Å². The Hall–Kier alpha value is -6.75. The molecule has 68 heavy (non-hydrogen) atoms. The molecule has 7 heteroatoms. The summed E-state index contributed by atoms with van der Waals surface area (Å²) in [7, 11) is 0. The van der Waals surface area contributed by atoms with Crippen LogP contribution >= 0.6 is 0 Å². The summed E-state index contributed by atoms with van der Waals surface area (Å²) < 4.78 is 15.1. The third kappa shape index (κ3) is 7.64. The number of benzene rings is 7. The zero-order chi connectivity index (χ0) is 47.3. The number of hydrogen-bond donors (Lipinski definition) is 0. The van der Waals surface area contributed by atoms with Crippen molar-refractivity contribution in [1.29, 1.82) is 0 Å².